The highest BCUT2D eigenvalue weighted by Crippen LogP contribution is 2.26. The molecule has 0 radical (unpaired) electrons. The minimum absolute atomic E-state index is 0.350. The molecular formula is C11H9BrN4O2. The Balaban J connectivity index is 2.21. The van der Waals surface area contributed by atoms with Gasteiger partial charge in [0, 0.05) is 12.1 Å². The Morgan fingerprint density at radius 2 is 2.22 bits per heavy atom. The summed E-state index contributed by atoms with van der Waals surface area (Å²) < 4.78 is 5.64. The van der Waals surface area contributed by atoms with Gasteiger partial charge in [-0.3, -0.25) is 4.98 Å². The summed E-state index contributed by atoms with van der Waals surface area (Å²) in [4.78, 5) is 21.0. The zero-order valence-electron chi connectivity index (χ0n) is 9.16. The van der Waals surface area contributed by atoms with Gasteiger partial charge >= 0.3 is 5.76 Å². The summed E-state index contributed by atoms with van der Waals surface area (Å²) >= 11 is 3.27. The number of fused-ring (bicyclic) bond motifs is 1. The van der Waals surface area contributed by atoms with Gasteiger partial charge in [-0.2, -0.15) is 0 Å². The van der Waals surface area contributed by atoms with Crippen LogP contribution >= 0.6 is 15.9 Å². The number of hydrogen-bond acceptors (Lipinski definition) is 4. The highest BCUT2D eigenvalue weighted by atomic mass is 79.9. The third-order valence-electron chi connectivity index (χ3n) is 2.65. The van der Waals surface area contributed by atoms with Gasteiger partial charge in [0.25, 0.3) is 0 Å². The van der Waals surface area contributed by atoms with E-state index >= 15 is 0 Å². The highest BCUT2D eigenvalue weighted by molar-refractivity contribution is 9.10. The molecule has 0 spiro atoms. The van der Waals surface area contributed by atoms with Crippen molar-refractivity contribution in [3.8, 4) is 11.3 Å². The SMILES string of the molecule is NCc1[nH]c(Br)nc1-c1ccc2[nH]c(=O)oc2c1. The smallest absolute Gasteiger partial charge is 0.408 e. The topological polar surface area (TPSA) is 101 Å². The minimum atomic E-state index is -0.468. The molecule has 3 rings (SSSR count). The largest absolute Gasteiger partial charge is 0.417 e. The first-order valence-electron chi connectivity index (χ1n) is 5.25. The van der Waals surface area contributed by atoms with E-state index in [-0.39, 0.29) is 0 Å². The number of hydrogen-bond donors (Lipinski definition) is 3. The molecule has 0 saturated carbocycles. The van der Waals surface area contributed by atoms with Crippen LogP contribution in [-0.2, 0) is 6.54 Å². The fraction of sp³-hybridized carbons (Fsp3) is 0.0909. The Labute approximate surface area is 109 Å². The average Bonchev–Trinajstić information content (AvgIpc) is 2.89. The standard InChI is InChI=1S/C11H9BrN4O2/c12-10-14-7(4-13)9(16-10)5-1-2-6-8(3-5)18-11(17)15-6/h1-3H,4,13H2,(H,14,16)(H,15,17). The van der Waals surface area contributed by atoms with Gasteiger partial charge in [-0.05, 0) is 28.1 Å². The third-order valence-corrected chi connectivity index (χ3v) is 3.02. The Bertz CT molecular complexity index is 771. The van der Waals surface area contributed by atoms with Crippen LogP contribution < -0.4 is 11.5 Å². The first kappa shape index (κ1) is 11.2. The van der Waals surface area contributed by atoms with Crippen LogP contribution in [0.2, 0.25) is 0 Å². The summed E-state index contributed by atoms with van der Waals surface area (Å²) in [5, 5.41) is 0. The van der Waals surface area contributed by atoms with Crippen molar-refractivity contribution < 1.29 is 4.42 Å². The summed E-state index contributed by atoms with van der Waals surface area (Å²) in [5.74, 6) is -0.468. The normalized spacial score (nSPS) is 11.2. The molecule has 0 amide bonds. The van der Waals surface area contributed by atoms with E-state index in [4.69, 9.17) is 10.2 Å². The predicted molar refractivity (Wildman–Crippen MR) is 70.0 cm³/mol. The van der Waals surface area contributed by atoms with Gasteiger partial charge in [0.1, 0.15) is 0 Å². The second-order valence-electron chi connectivity index (χ2n) is 3.78. The predicted octanol–water partition coefficient (Wildman–Crippen LogP) is 1.73. The lowest BCUT2D eigenvalue weighted by Crippen LogP contribution is -1.98. The molecule has 0 unspecified atom stereocenters. The van der Waals surface area contributed by atoms with Crippen molar-refractivity contribution in [3.63, 3.8) is 0 Å². The fourth-order valence-corrected chi connectivity index (χ4v) is 2.27. The van der Waals surface area contributed by atoms with Crippen LogP contribution in [0.5, 0.6) is 0 Å². The summed E-state index contributed by atoms with van der Waals surface area (Å²) in [5.41, 5.74) is 9.21. The second kappa shape index (κ2) is 4.11. The highest BCUT2D eigenvalue weighted by Gasteiger charge is 2.11. The molecule has 1 aromatic carbocycles. The number of halogens is 1. The van der Waals surface area contributed by atoms with Crippen molar-refractivity contribution in [2.24, 2.45) is 5.73 Å². The Morgan fingerprint density at radius 1 is 1.39 bits per heavy atom. The van der Waals surface area contributed by atoms with Crippen molar-refractivity contribution in [3.05, 3.63) is 39.2 Å². The summed E-state index contributed by atoms with van der Waals surface area (Å²) in [6, 6.07) is 5.39. The average molecular weight is 309 g/mol. The summed E-state index contributed by atoms with van der Waals surface area (Å²) in [7, 11) is 0. The number of imidazole rings is 1. The molecule has 0 aliphatic rings. The quantitative estimate of drug-likeness (QED) is 0.671. The van der Waals surface area contributed by atoms with Crippen LogP contribution in [0.1, 0.15) is 5.69 Å². The zero-order chi connectivity index (χ0) is 12.7. The summed E-state index contributed by atoms with van der Waals surface area (Å²) in [6.07, 6.45) is 0. The van der Waals surface area contributed by atoms with E-state index in [1.165, 1.54) is 0 Å². The Kier molecular flexibility index (Phi) is 2.57. The number of H-pyrrole nitrogens is 2. The molecule has 0 saturated heterocycles. The van der Waals surface area contributed by atoms with E-state index in [1.807, 2.05) is 6.07 Å². The zero-order valence-corrected chi connectivity index (χ0v) is 10.7. The van der Waals surface area contributed by atoms with Crippen LogP contribution in [0.3, 0.4) is 0 Å². The number of rotatable bonds is 2. The van der Waals surface area contributed by atoms with Crippen molar-refractivity contribution in [1.82, 2.24) is 15.0 Å². The summed E-state index contributed by atoms with van der Waals surface area (Å²) in [6.45, 7) is 0.350. The van der Waals surface area contributed by atoms with Crippen molar-refractivity contribution in [2.45, 2.75) is 6.54 Å². The van der Waals surface area contributed by atoms with Gasteiger partial charge in [-0.1, -0.05) is 6.07 Å². The van der Waals surface area contributed by atoms with E-state index in [9.17, 15) is 4.79 Å². The minimum Gasteiger partial charge on any atom is -0.408 e. The van der Waals surface area contributed by atoms with Crippen molar-refractivity contribution >= 4 is 27.0 Å². The van der Waals surface area contributed by atoms with Gasteiger partial charge in [0.15, 0.2) is 10.3 Å². The van der Waals surface area contributed by atoms with E-state index in [0.29, 0.717) is 22.4 Å². The maximum absolute atomic E-state index is 11.1. The Hall–Kier alpha value is -1.86. The molecule has 0 aliphatic carbocycles. The molecule has 7 heteroatoms. The van der Waals surface area contributed by atoms with Gasteiger partial charge < -0.3 is 15.1 Å². The number of aromatic nitrogens is 3. The molecular weight excluding hydrogens is 300 g/mol. The van der Waals surface area contributed by atoms with Crippen LogP contribution in [0.4, 0.5) is 0 Å². The monoisotopic (exact) mass is 308 g/mol. The molecule has 6 nitrogen and oxygen atoms in total. The van der Waals surface area contributed by atoms with Gasteiger partial charge in [-0.15, -0.1) is 0 Å². The number of nitrogens with two attached hydrogens (primary N) is 1. The van der Waals surface area contributed by atoms with Crippen LogP contribution in [0.15, 0.2) is 32.1 Å². The van der Waals surface area contributed by atoms with Crippen LogP contribution in [0.25, 0.3) is 22.4 Å². The number of nitrogens with one attached hydrogen (secondary N) is 2. The third kappa shape index (κ3) is 1.77. The molecule has 2 aromatic heterocycles. The van der Waals surface area contributed by atoms with E-state index in [0.717, 1.165) is 17.0 Å². The number of oxazole rings is 1. The van der Waals surface area contributed by atoms with Crippen molar-refractivity contribution in [1.29, 1.82) is 0 Å². The maximum atomic E-state index is 11.1. The second-order valence-corrected chi connectivity index (χ2v) is 4.54. The van der Waals surface area contributed by atoms with Gasteiger partial charge in [0.2, 0.25) is 0 Å². The Morgan fingerprint density at radius 3 is 3.00 bits per heavy atom. The molecule has 0 aliphatic heterocycles. The maximum Gasteiger partial charge on any atom is 0.417 e. The molecule has 0 atom stereocenters. The number of nitrogens with zero attached hydrogens (tertiary/aromatic N) is 1. The lowest BCUT2D eigenvalue weighted by atomic mass is 10.1. The molecule has 3 aromatic rings. The number of aromatic amines is 2. The van der Waals surface area contributed by atoms with Crippen LogP contribution in [-0.4, -0.2) is 15.0 Å². The molecule has 4 N–H and O–H groups in total. The first-order chi connectivity index (χ1) is 8.67. The number of benzene rings is 1. The van der Waals surface area contributed by atoms with E-state index < -0.39 is 5.76 Å². The van der Waals surface area contributed by atoms with Gasteiger partial charge in [-0.25, -0.2) is 9.78 Å². The molecule has 0 fully saturated rings. The first-order valence-corrected chi connectivity index (χ1v) is 6.04. The lowest BCUT2D eigenvalue weighted by Gasteiger charge is -1.99. The van der Waals surface area contributed by atoms with E-state index in [1.54, 1.807) is 12.1 Å². The lowest BCUT2D eigenvalue weighted by molar-refractivity contribution is 0.555. The molecule has 18 heavy (non-hydrogen) atoms. The van der Waals surface area contributed by atoms with E-state index in [2.05, 4.69) is 30.9 Å². The molecule has 0 bridgehead atoms. The molecule has 2 heterocycles. The van der Waals surface area contributed by atoms with Crippen molar-refractivity contribution in [2.75, 3.05) is 0 Å². The fourth-order valence-electron chi connectivity index (χ4n) is 1.86. The molecule has 92 valence electrons. The van der Waals surface area contributed by atoms with Crippen LogP contribution in [0, 0.1) is 0 Å². The van der Waals surface area contributed by atoms with Gasteiger partial charge in [0.05, 0.1) is 16.9 Å².